The molecule has 0 aliphatic rings. The van der Waals surface area contributed by atoms with Crippen LogP contribution in [0.25, 0.3) is 0 Å². The molecule has 16 heavy (non-hydrogen) atoms. The van der Waals surface area contributed by atoms with Gasteiger partial charge in [-0.1, -0.05) is 0 Å². The van der Waals surface area contributed by atoms with Gasteiger partial charge in [0.25, 0.3) is 5.56 Å². The Morgan fingerprint density at radius 1 is 1.38 bits per heavy atom. The third-order valence-electron chi connectivity index (χ3n) is 1.69. The smallest absolute Gasteiger partial charge is 0.389 e. The van der Waals surface area contributed by atoms with E-state index in [1.807, 2.05) is 0 Å². The van der Waals surface area contributed by atoms with Gasteiger partial charge in [0.2, 0.25) is 0 Å². The van der Waals surface area contributed by atoms with Gasteiger partial charge in [-0.25, -0.2) is 4.68 Å². The summed E-state index contributed by atoms with van der Waals surface area (Å²) < 4.78 is 37.5. The molecule has 0 aliphatic carbocycles. The number of aromatic nitrogens is 2. The number of aliphatic hydroxyl groups is 1. The average molecular weight is 236 g/mol. The topological polar surface area (TPSA) is 55.1 Å². The highest BCUT2D eigenvalue weighted by atomic mass is 19.4. The van der Waals surface area contributed by atoms with Crippen LogP contribution >= 0.6 is 0 Å². The zero-order valence-corrected chi connectivity index (χ0v) is 8.75. The third-order valence-corrected chi connectivity index (χ3v) is 1.69. The molecule has 0 aromatic carbocycles. The molecule has 0 amide bonds. The molecule has 1 aromatic rings. The molecule has 0 saturated heterocycles. The zero-order chi connectivity index (χ0) is 12.6. The second-order valence-corrected chi connectivity index (χ2v) is 4.02. The van der Waals surface area contributed by atoms with Crippen LogP contribution in [0.15, 0.2) is 16.9 Å². The van der Waals surface area contributed by atoms with Crippen LogP contribution in [-0.4, -0.2) is 20.5 Å². The average Bonchev–Trinajstić information content (AvgIpc) is 2.04. The van der Waals surface area contributed by atoms with Crippen LogP contribution in [0.1, 0.15) is 19.5 Å². The summed E-state index contributed by atoms with van der Waals surface area (Å²) in [7, 11) is 0. The SMILES string of the molecule is CC(C)(O)Cn1nc(C(F)(F)F)ccc1=O. The summed E-state index contributed by atoms with van der Waals surface area (Å²) in [6.45, 7) is 2.46. The van der Waals surface area contributed by atoms with Crippen molar-refractivity contribution in [2.24, 2.45) is 0 Å². The first-order chi connectivity index (χ1) is 7.09. The van der Waals surface area contributed by atoms with E-state index in [1.165, 1.54) is 13.8 Å². The summed E-state index contributed by atoms with van der Waals surface area (Å²) >= 11 is 0. The fourth-order valence-electron chi connectivity index (χ4n) is 1.08. The van der Waals surface area contributed by atoms with Gasteiger partial charge in [0, 0.05) is 6.07 Å². The van der Waals surface area contributed by atoms with Gasteiger partial charge < -0.3 is 5.11 Å². The number of alkyl halides is 3. The second-order valence-electron chi connectivity index (χ2n) is 4.02. The molecule has 7 heteroatoms. The summed E-state index contributed by atoms with van der Waals surface area (Å²) in [5, 5.41) is 12.6. The lowest BCUT2D eigenvalue weighted by Gasteiger charge is -2.18. The molecule has 0 aliphatic heterocycles. The van der Waals surface area contributed by atoms with E-state index in [2.05, 4.69) is 5.10 Å². The normalized spacial score (nSPS) is 12.9. The molecule has 0 fully saturated rings. The zero-order valence-electron chi connectivity index (χ0n) is 8.75. The maximum atomic E-state index is 12.3. The first-order valence-corrected chi connectivity index (χ1v) is 4.47. The summed E-state index contributed by atoms with van der Waals surface area (Å²) in [6, 6.07) is 1.39. The molecule has 0 atom stereocenters. The minimum atomic E-state index is -4.60. The van der Waals surface area contributed by atoms with E-state index < -0.39 is 23.0 Å². The van der Waals surface area contributed by atoms with Crippen molar-refractivity contribution in [2.75, 3.05) is 0 Å². The van der Waals surface area contributed by atoms with Crippen molar-refractivity contribution in [2.45, 2.75) is 32.2 Å². The van der Waals surface area contributed by atoms with Crippen LogP contribution < -0.4 is 5.56 Å². The number of halogens is 3. The molecule has 0 bridgehead atoms. The van der Waals surface area contributed by atoms with Gasteiger partial charge in [0.15, 0.2) is 5.69 Å². The monoisotopic (exact) mass is 236 g/mol. The van der Waals surface area contributed by atoms with Crippen molar-refractivity contribution in [1.29, 1.82) is 0 Å². The van der Waals surface area contributed by atoms with Crippen LogP contribution in [0.4, 0.5) is 13.2 Å². The Labute approximate surface area is 89.3 Å². The van der Waals surface area contributed by atoms with Crippen molar-refractivity contribution < 1.29 is 18.3 Å². The van der Waals surface area contributed by atoms with E-state index in [0.29, 0.717) is 10.7 Å². The van der Waals surface area contributed by atoms with Gasteiger partial charge in [-0.3, -0.25) is 4.79 Å². The lowest BCUT2D eigenvalue weighted by molar-refractivity contribution is -0.142. The molecule has 1 heterocycles. The van der Waals surface area contributed by atoms with Crippen LogP contribution in [0.2, 0.25) is 0 Å². The molecule has 0 saturated carbocycles. The Kier molecular flexibility index (Phi) is 3.09. The third kappa shape index (κ3) is 3.34. The molecule has 0 radical (unpaired) electrons. The van der Waals surface area contributed by atoms with Gasteiger partial charge in [0.1, 0.15) is 0 Å². The largest absolute Gasteiger partial charge is 0.435 e. The van der Waals surface area contributed by atoms with E-state index in [1.54, 1.807) is 0 Å². The minimum Gasteiger partial charge on any atom is -0.389 e. The number of nitrogens with zero attached hydrogens (tertiary/aromatic N) is 2. The Hall–Kier alpha value is -1.37. The molecular formula is C9H11F3N2O2. The highest BCUT2D eigenvalue weighted by Crippen LogP contribution is 2.26. The molecule has 0 spiro atoms. The van der Waals surface area contributed by atoms with Crippen molar-refractivity contribution in [1.82, 2.24) is 9.78 Å². The summed E-state index contributed by atoms with van der Waals surface area (Å²) in [6.07, 6.45) is -4.60. The quantitative estimate of drug-likeness (QED) is 0.834. The van der Waals surface area contributed by atoms with E-state index in [-0.39, 0.29) is 6.54 Å². The molecule has 0 unspecified atom stereocenters. The Balaban J connectivity index is 3.15. The molecule has 1 N–H and O–H groups in total. The second kappa shape index (κ2) is 3.89. The lowest BCUT2D eigenvalue weighted by Crippen LogP contribution is -2.35. The lowest BCUT2D eigenvalue weighted by atomic mass is 10.1. The number of hydrogen-bond donors (Lipinski definition) is 1. The van der Waals surface area contributed by atoms with Crippen molar-refractivity contribution >= 4 is 0 Å². The minimum absolute atomic E-state index is 0.296. The van der Waals surface area contributed by atoms with Crippen LogP contribution in [-0.2, 0) is 12.7 Å². The van der Waals surface area contributed by atoms with E-state index in [0.717, 1.165) is 6.07 Å². The fraction of sp³-hybridized carbons (Fsp3) is 0.556. The van der Waals surface area contributed by atoms with Crippen LogP contribution in [0, 0.1) is 0 Å². The standard InChI is InChI=1S/C9H11F3N2O2/c1-8(2,16)5-14-7(15)4-3-6(13-14)9(10,11)12/h3-4,16H,5H2,1-2H3. The van der Waals surface area contributed by atoms with E-state index in [9.17, 15) is 23.1 Å². The maximum absolute atomic E-state index is 12.3. The first-order valence-electron chi connectivity index (χ1n) is 4.47. The van der Waals surface area contributed by atoms with Crippen molar-refractivity contribution in [3.8, 4) is 0 Å². The predicted molar refractivity (Wildman–Crippen MR) is 49.8 cm³/mol. The van der Waals surface area contributed by atoms with Crippen LogP contribution in [0.3, 0.4) is 0 Å². The Morgan fingerprint density at radius 2 is 1.94 bits per heavy atom. The van der Waals surface area contributed by atoms with Gasteiger partial charge in [-0.05, 0) is 19.9 Å². The maximum Gasteiger partial charge on any atom is 0.435 e. The van der Waals surface area contributed by atoms with E-state index in [4.69, 9.17) is 0 Å². The van der Waals surface area contributed by atoms with Gasteiger partial charge >= 0.3 is 6.18 Å². The molecule has 4 nitrogen and oxygen atoms in total. The highest BCUT2D eigenvalue weighted by Gasteiger charge is 2.33. The molecule has 90 valence electrons. The van der Waals surface area contributed by atoms with Gasteiger partial charge in [-0.15, -0.1) is 0 Å². The Bertz CT molecular complexity index is 432. The number of hydrogen-bond acceptors (Lipinski definition) is 3. The highest BCUT2D eigenvalue weighted by molar-refractivity contribution is 5.04. The van der Waals surface area contributed by atoms with Crippen LogP contribution in [0.5, 0.6) is 0 Å². The molecule has 1 aromatic heterocycles. The summed E-state index contributed by atoms with van der Waals surface area (Å²) in [4.78, 5) is 11.2. The first kappa shape index (κ1) is 12.7. The summed E-state index contributed by atoms with van der Waals surface area (Å²) in [5.74, 6) is 0. The van der Waals surface area contributed by atoms with Gasteiger partial charge in [0.05, 0.1) is 12.1 Å². The molecular weight excluding hydrogens is 225 g/mol. The molecule has 1 rings (SSSR count). The summed E-state index contributed by atoms with van der Waals surface area (Å²) in [5.41, 5.74) is -3.15. The van der Waals surface area contributed by atoms with Crippen molar-refractivity contribution in [3.63, 3.8) is 0 Å². The number of rotatable bonds is 2. The van der Waals surface area contributed by atoms with E-state index >= 15 is 0 Å². The van der Waals surface area contributed by atoms with Gasteiger partial charge in [-0.2, -0.15) is 18.3 Å². The predicted octanol–water partition coefficient (Wildman–Crippen LogP) is 1.03. The fourth-order valence-corrected chi connectivity index (χ4v) is 1.08. The van der Waals surface area contributed by atoms with Crippen molar-refractivity contribution in [3.05, 3.63) is 28.2 Å². The Morgan fingerprint density at radius 3 is 2.38 bits per heavy atom.